The number of ether oxygens (including phenoxy) is 1. The number of anilines is 2. The summed E-state index contributed by atoms with van der Waals surface area (Å²) < 4.78 is 33.2. The number of halogens is 2. The van der Waals surface area contributed by atoms with E-state index in [9.17, 15) is 13.2 Å². The number of rotatable bonds is 6. The van der Waals surface area contributed by atoms with E-state index in [0.717, 1.165) is 11.3 Å². The molecule has 0 spiro atoms. The van der Waals surface area contributed by atoms with Gasteiger partial charge in [-0.3, -0.25) is 9.52 Å². The Morgan fingerprint density at radius 2 is 2.03 bits per heavy atom. The highest BCUT2D eigenvalue weighted by atomic mass is 35.5. The van der Waals surface area contributed by atoms with Crippen LogP contribution in [0.25, 0.3) is 11.3 Å². The van der Waals surface area contributed by atoms with Gasteiger partial charge in [-0.2, -0.15) is 0 Å². The summed E-state index contributed by atoms with van der Waals surface area (Å²) in [7, 11) is -3.89. The molecule has 0 aliphatic carbocycles. The molecule has 0 saturated carbocycles. The minimum atomic E-state index is -3.89. The average molecular weight is 496 g/mol. The fourth-order valence-electron chi connectivity index (χ4n) is 2.96. The van der Waals surface area contributed by atoms with E-state index in [2.05, 4.69) is 16.3 Å². The molecule has 0 saturated heterocycles. The predicted octanol–water partition coefficient (Wildman–Crippen LogP) is 4.83. The van der Waals surface area contributed by atoms with Crippen LogP contribution in [0.15, 0.2) is 59.3 Å². The van der Waals surface area contributed by atoms with Crippen molar-refractivity contribution >= 4 is 61.3 Å². The van der Waals surface area contributed by atoms with Crippen molar-refractivity contribution in [1.29, 1.82) is 0 Å². The van der Waals surface area contributed by atoms with Gasteiger partial charge in [0, 0.05) is 17.5 Å². The average Bonchev–Trinajstić information content (AvgIpc) is 3.19. The first-order valence-corrected chi connectivity index (χ1v) is 12.0. The molecule has 1 N–H and O–H groups in total. The second-order valence-electron chi connectivity index (χ2n) is 6.48. The molecule has 4 rings (SSSR count). The Morgan fingerprint density at radius 1 is 1.23 bits per heavy atom. The van der Waals surface area contributed by atoms with Crippen LogP contribution in [0.3, 0.4) is 0 Å². The smallest absolute Gasteiger partial charge is 0.265 e. The number of thiazole rings is 1. The van der Waals surface area contributed by atoms with Gasteiger partial charge in [0.05, 0.1) is 26.3 Å². The molecule has 1 amide bonds. The molecule has 7 nitrogen and oxygen atoms in total. The topological polar surface area (TPSA) is 88.6 Å². The molecule has 0 bridgehead atoms. The lowest BCUT2D eigenvalue weighted by Gasteiger charge is -2.28. The van der Waals surface area contributed by atoms with Crippen molar-refractivity contribution < 1.29 is 17.9 Å². The van der Waals surface area contributed by atoms with E-state index in [-0.39, 0.29) is 32.6 Å². The van der Waals surface area contributed by atoms with Crippen molar-refractivity contribution in [2.45, 2.75) is 4.90 Å². The summed E-state index contributed by atoms with van der Waals surface area (Å²) in [6.45, 7) is 4.01. The van der Waals surface area contributed by atoms with Crippen LogP contribution in [0.2, 0.25) is 10.0 Å². The maximum atomic E-state index is 12.6. The number of sulfonamides is 1. The second-order valence-corrected chi connectivity index (χ2v) is 9.84. The summed E-state index contributed by atoms with van der Waals surface area (Å²) >= 11 is 12.9. The molecular formula is C20H15Cl2N3O4S2. The Morgan fingerprint density at radius 3 is 2.77 bits per heavy atom. The first-order valence-electron chi connectivity index (χ1n) is 8.90. The Balaban J connectivity index is 1.61. The number of carbonyl (C=O) groups excluding carboxylic acids is 1. The van der Waals surface area contributed by atoms with Crippen molar-refractivity contribution in [3.8, 4) is 17.0 Å². The van der Waals surface area contributed by atoms with Gasteiger partial charge in [0.2, 0.25) is 0 Å². The molecular weight excluding hydrogens is 481 g/mol. The molecule has 3 aromatic rings. The molecule has 1 aromatic heterocycles. The van der Waals surface area contributed by atoms with Crippen LogP contribution in [0.5, 0.6) is 5.75 Å². The Kier molecular flexibility index (Phi) is 5.94. The van der Waals surface area contributed by atoms with Gasteiger partial charge in [-0.15, -0.1) is 17.9 Å². The fourth-order valence-corrected chi connectivity index (χ4v) is 5.32. The minimum Gasteiger partial charge on any atom is -0.482 e. The third-order valence-electron chi connectivity index (χ3n) is 4.44. The van der Waals surface area contributed by atoms with Crippen LogP contribution in [0, 0.1) is 0 Å². The highest BCUT2D eigenvalue weighted by molar-refractivity contribution is 7.93. The lowest BCUT2D eigenvalue weighted by molar-refractivity contribution is -0.121. The van der Waals surface area contributed by atoms with Crippen molar-refractivity contribution in [3.05, 3.63) is 64.5 Å². The van der Waals surface area contributed by atoms with Crippen molar-refractivity contribution in [2.24, 2.45) is 0 Å². The zero-order valence-electron chi connectivity index (χ0n) is 15.8. The molecule has 0 fully saturated rings. The van der Waals surface area contributed by atoms with Crippen molar-refractivity contribution in [3.63, 3.8) is 0 Å². The Labute approximate surface area is 192 Å². The van der Waals surface area contributed by atoms with E-state index >= 15 is 0 Å². The van der Waals surface area contributed by atoms with Gasteiger partial charge in [-0.25, -0.2) is 13.4 Å². The van der Waals surface area contributed by atoms with Gasteiger partial charge in [0.1, 0.15) is 5.75 Å². The van der Waals surface area contributed by atoms with Gasteiger partial charge in [-0.05, 0) is 36.4 Å². The lowest BCUT2D eigenvalue weighted by Crippen LogP contribution is -2.38. The first-order chi connectivity index (χ1) is 14.8. The van der Waals surface area contributed by atoms with Gasteiger partial charge in [0.25, 0.3) is 15.9 Å². The largest absolute Gasteiger partial charge is 0.482 e. The van der Waals surface area contributed by atoms with E-state index in [4.69, 9.17) is 27.9 Å². The highest BCUT2D eigenvalue weighted by Gasteiger charge is 2.25. The van der Waals surface area contributed by atoms with Gasteiger partial charge < -0.3 is 9.64 Å². The summed E-state index contributed by atoms with van der Waals surface area (Å²) in [6.07, 6.45) is 1.64. The number of hydrogen-bond donors (Lipinski definition) is 1. The predicted molar refractivity (Wildman–Crippen MR) is 123 cm³/mol. The van der Waals surface area contributed by atoms with Crippen molar-refractivity contribution in [1.82, 2.24) is 4.98 Å². The van der Waals surface area contributed by atoms with Crippen molar-refractivity contribution in [2.75, 3.05) is 22.8 Å². The number of amides is 1. The van der Waals surface area contributed by atoms with Gasteiger partial charge in [-0.1, -0.05) is 29.3 Å². The van der Waals surface area contributed by atoms with E-state index in [1.165, 1.54) is 18.2 Å². The van der Waals surface area contributed by atoms with Crippen LogP contribution in [0.4, 0.5) is 10.8 Å². The fraction of sp³-hybridized carbons (Fsp3) is 0.100. The maximum absolute atomic E-state index is 12.6. The molecule has 11 heteroatoms. The second kappa shape index (κ2) is 8.51. The summed E-state index contributed by atoms with van der Waals surface area (Å²) in [5.74, 6) is 0.416. The summed E-state index contributed by atoms with van der Waals surface area (Å²) in [6, 6.07) is 9.38. The van der Waals surface area contributed by atoms with E-state index in [0.29, 0.717) is 29.2 Å². The number of nitrogens with zero attached hydrogens (tertiary/aromatic N) is 2. The molecule has 1 aliphatic rings. The molecule has 160 valence electrons. The van der Waals surface area contributed by atoms with E-state index in [1.54, 1.807) is 34.6 Å². The Bertz CT molecular complexity index is 1290. The van der Waals surface area contributed by atoms with Gasteiger partial charge in [0.15, 0.2) is 11.7 Å². The monoisotopic (exact) mass is 495 g/mol. The highest BCUT2D eigenvalue weighted by Crippen LogP contribution is 2.37. The number of carbonyl (C=O) groups is 1. The normalized spacial score (nSPS) is 13.5. The standard InChI is InChI=1S/C20H15Cl2N3O4S2/c1-2-7-25-17-8-12(3-6-18(17)29-10-19(25)26)16-11-30-20(23-16)24-31(27,28)13-4-5-14(21)15(22)9-13/h2-6,8-9,11H,1,7,10H2,(H,23,24). The molecule has 31 heavy (non-hydrogen) atoms. The molecule has 0 atom stereocenters. The number of fused-ring (bicyclic) bond motifs is 1. The van der Waals surface area contributed by atoms with Crippen LogP contribution in [0.1, 0.15) is 0 Å². The van der Waals surface area contributed by atoms with E-state index in [1.807, 2.05) is 0 Å². The van der Waals surface area contributed by atoms with Gasteiger partial charge >= 0.3 is 0 Å². The van der Waals surface area contributed by atoms with Crippen LogP contribution < -0.4 is 14.4 Å². The molecule has 1 aliphatic heterocycles. The third-order valence-corrected chi connectivity index (χ3v) is 7.40. The van der Waals surface area contributed by atoms with Crippen LogP contribution in [-0.4, -0.2) is 32.5 Å². The summed E-state index contributed by atoms with van der Waals surface area (Å²) in [5, 5.41) is 2.31. The number of nitrogens with one attached hydrogen (secondary N) is 1. The summed E-state index contributed by atoms with van der Waals surface area (Å²) in [4.78, 5) is 18.1. The van der Waals surface area contributed by atoms with Crippen LogP contribution in [-0.2, 0) is 14.8 Å². The summed E-state index contributed by atoms with van der Waals surface area (Å²) in [5.41, 5.74) is 1.87. The lowest BCUT2D eigenvalue weighted by atomic mass is 10.1. The Hall–Kier alpha value is -2.59. The minimum absolute atomic E-state index is 0.0249. The number of aromatic nitrogens is 1. The molecule has 0 radical (unpaired) electrons. The molecule has 2 aromatic carbocycles. The number of benzene rings is 2. The van der Waals surface area contributed by atoms with Crippen LogP contribution >= 0.6 is 34.5 Å². The van der Waals surface area contributed by atoms with E-state index < -0.39 is 10.0 Å². The third kappa shape index (κ3) is 4.40. The number of hydrogen-bond acceptors (Lipinski definition) is 6. The zero-order chi connectivity index (χ0) is 22.2. The SMILES string of the molecule is C=CCN1C(=O)COc2ccc(-c3csc(NS(=O)(=O)c4ccc(Cl)c(Cl)c4)n3)cc21. The zero-order valence-corrected chi connectivity index (χ0v) is 19.0. The first kappa shape index (κ1) is 21.6. The molecule has 0 unspecified atom stereocenters. The quantitative estimate of drug-likeness (QED) is 0.494. The molecule has 2 heterocycles. The maximum Gasteiger partial charge on any atom is 0.265 e.